The third kappa shape index (κ3) is 5.44. The van der Waals surface area contributed by atoms with Gasteiger partial charge in [-0.2, -0.15) is 0 Å². The van der Waals surface area contributed by atoms with Crippen LogP contribution >= 0.6 is 22.9 Å². The smallest absolute Gasteiger partial charge is 0.319 e. The number of halogens is 1. The van der Waals surface area contributed by atoms with Crippen LogP contribution in [-0.2, 0) is 6.42 Å². The minimum Gasteiger partial charge on any atom is -0.339 e. The fourth-order valence-corrected chi connectivity index (χ4v) is 3.06. The van der Waals surface area contributed by atoms with Crippen molar-refractivity contribution in [2.75, 3.05) is 25.0 Å². The quantitative estimate of drug-likeness (QED) is 0.770. The summed E-state index contributed by atoms with van der Waals surface area (Å²) in [5.41, 5.74) is 0.901. The summed E-state index contributed by atoms with van der Waals surface area (Å²) in [6.07, 6.45) is 2.40. The van der Waals surface area contributed by atoms with Crippen molar-refractivity contribution in [2.45, 2.75) is 20.3 Å². The minimum atomic E-state index is -0.370. The Balaban J connectivity index is 1.97. The standard InChI is InChI=1S/C17H21ClN4O2S/c1-3-22(4-2)16(23)12-5-6-13(18)14(11-12)21-17(24)20-8-7-15-19-9-10-25-15/h5-6,9-11H,3-4,7-8H2,1-2H3,(H2,20,21,24). The topological polar surface area (TPSA) is 74.3 Å². The SMILES string of the molecule is CCN(CC)C(=O)c1ccc(Cl)c(NC(=O)NCCc2nccs2)c1. The van der Waals surface area contributed by atoms with Gasteiger partial charge in [0, 0.05) is 43.2 Å². The number of nitrogens with zero attached hydrogens (tertiary/aromatic N) is 2. The predicted molar refractivity (Wildman–Crippen MR) is 102 cm³/mol. The molecule has 134 valence electrons. The average molecular weight is 381 g/mol. The molecule has 1 heterocycles. The molecule has 0 aliphatic heterocycles. The van der Waals surface area contributed by atoms with Crippen LogP contribution in [-0.4, -0.2) is 41.5 Å². The molecule has 2 N–H and O–H groups in total. The van der Waals surface area contributed by atoms with Gasteiger partial charge in [-0.15, -0.1) is 11.3 Å². The van der Waals surface area contributed by atoms with E-state index in [4.69, 9.17) is 11.6 Å². The highest BCUT2D eigenvalue weighted by Gasteiger charge is 2.15. The molecule has 0 saturated carbocycles. The molecule has 1 aromatic heterocycles. The van der Waals surface area contributed by atoms with Crippen LogP contribution in [0.25, 0.3) is 0 Å². The van der Waals surface area contributed by atoms with E-state index in [9.17, 15) is 9.59 Å². The van der Waals surface area contributed by atoms with Crippen LogP contribution < -0.4 is 10.6 Å². The maximum Gasteiger partial charge on any atom is 0.319 e. The number of carbonyl (C=O) groups is 2. The molecular weight excluding hydrogens is 360 g/mol. The fraction of sp³-hybridized carbons (Fsp3) is 0.353. The van der Waals surface area contributed by atoms with E-state index in [1.54, 1.807) is 40.6 Å². The van der Waals surface area contributed by atoms with Crippen LogP contribution in [0, 0.1) is 0 Å². The van der Waals surface area contributed by atoms with Crippen LogP contribution in [0.2, 0.25) is 5.02 Å². The summed E-state index contributed by atoms with van der Waals surface area (Å²) in [4.78, 5) is 30.3. The first-order chi connectivity index (χ1) is 12.0. The fourth-order valence-electron chi connectivity index (χ4n) is 2.27. The zero-order chi connectivity index (χ0) is 18.2. The number of carbonyl (C=O) groups excluding carboxylic acids is 2. The minimum absolute atomic E-state index is 0.0890. The number of benzene rings is 1. The molecule has 0 saturated heterocycles. The third-order valence-corrected chi connectivity index (χ3v) is 4.79. The largest absolute Gasteiger partial charge is 0.339 e. The van der Waals surface area contributed by atoms with E-state index in [0.717, 1.165) is 5.01 Å². The van der Waals surface area contributed by atoms with Crippen molar-refractivity contribution in [1.29, 1.82) is 0 Å². The molecule has 0 unspecified atom stereocenters. The van der Waals surface area contributed by atoms with Gasteiger partial charge in [0.1, 0.15) is 0 Å². The van der Waals surface area contributed by atoms with Crippen LogP contribution in [0.1, 0.15) is 29.2 Å². The zero-order valence-corrected chi connectivity index (χ0v) is 15.8. The Morgan fingerprint density at radius 1 is 1.28 bits per heavy atom. The first-order valence-corrected chi connectivity index (χ1v) is 9.33. The zero-order valence-electron chi connectivity index (χ0n) is 14.2. The summed E-state index contributed by atoms with van der Waals surface area (Å²) in [7, 11) is 0. The van der Waals surface area contributed by atoms with E-state index in [0.29, 0.717) is 42.3 Å². The molecule has 0 aliphatic carbocycles. The summed E-state index contributed by atoms with van der Waals surface area (Å²) >= 11 is 7.68. The number of amides is 3. The highest BCUT2D eigenvalue weighted by atomic mass is 35.5. The normalized spacial score (nSPS) is 10.4. The van der Waals surface area contributed by atoms with Gasteiger partial charge in [0.25, 0.3) is 5.91 Å². The first kappa shape index (κ1) is 19.2. The van der Waals surface area contributed by atoms with Gasteiger partial charge in [0.05, 0.1) is 15.7 Å². The summed E-state index contributed by atoms with van der Waals surface area (Å²) in [6.45, 7) is 5.56. The Morgan fingerprint density at radius 2 is 2.04 bits per heavy atom. The van der Waals surface area contributed by atoms with Crippen LogP contribution in [0.4, 0.5) is 10.5 Å². The number of nitrogens with one attached hydrogen (secondary N) is 2. The maximum absolute atomic E-state index is 12.4. The number of urea groups is 1. The van der Waals surface area contributed by atoms with Crippen LogP contribution in [0.15, 0.2) is 29.8 Å². The Hall–Kier alpha value is -2.12. The van der Waals surface area contributed by atoms with Gasteiger partial charge < -0.3 is 15.5 Å². The Morgan fingerprint density at radius 3 is 2.68 bits per heavy atom. The van der Waals surface area contributed by atoms with E-state index in [1.807, 2.05) is 19.2 Å². The molecule has 6 nitrogen and oxygen atoms in total. The van der Waals surface area contributed by atoms with E-state index in [1.165, 1.54) is 0 Å². The van der Waals surface area contributed by atoms with Crippen molar-refractivity contribution in [2.24, 2.45) is 0 Å². The predicted octanol–water partition coefficient (Wildman–Crippen LogP) is 3.64. The summed E-state index contributed by atoms with van der Waals surface area (Å²) in [5, 5.41) is 8.68. The molecule has 0 radical (unpaired) electrons. The molecule has 25 heavy (non-hydrogen) atoms. The van der Waals surface area contributed by atoms with E-state index >= 15 is 0 Å². The molecule has 3 amide bonds. The van der Waals surface area contributed by atoms with Gasteiger partial charge >= 0.3 is 6.03 Å². The number of anilines is 1. The molecule has 0 spiro atoms. The monoisotopic (exact) mass is 380 g/mol. The lowest BCUT2D eigenvalue weighted by atomic mass is 10.1. The lowest BCUT2D eigenvalue weighted by Crippen LogP contribution is -2.31. The van der Waals surface area contributed by atoms with Crippen molar-refractivity contribution in [3.05, 3.63) is 45.4 Å². The van der Waals surface area contributed by atoms with Gasteiger partial charge in [-0.05, 0) is 32.0 Å². The van der Waals surface area contributed by atoms with Gasteiger partial charge in [0.2, 0.25) is 0 Å². The van der Waals surface area contributed by atoms with E-state index in [-0.39, 0.29) is 11.9 Å². The lowest BCUT2D eigenvalue weighted by Gasteiger charge is -2.19. The van der Waals surface area contributed by atoms with Crippen LogP contribution in [0.3, 0.4) is 0 Å². The van der Waals surface area contributed by atoms with Crippen molar-refractivity contribution in [3.8, 4) is 0 Å². The average Bonchev–Trinajstić information content (AvgIpc) is 3.11. The number of rotatable bonds is 7. The molecule has 0 aliphatic rings. The molecule has 2 aromatic rings. The molecule has 1 aromatic carbocycles. The Kier molecular flexibility index (Phi) is 7.21. The maximum atomic E-state index is 12.4. The van der Waals surface area contributed by atoms with Gasteiger partial charge in [-0.1, -0.05) is 11.6 Å². The highest BCUT2D eigenvalue weighted by molar-refractivity contribution is 7.09. The Labute approximate surface area is 156 Å². The molecule has 0 fully saturated rings. The summed E-state index contributed by atoms with van der Waals surface area (Å²) in [5.74, 6) is -0.0890. The lowest BCUT2D eigenvalue weighted by molar-refractivity contribution is 0.0773. The second-order valence-electron chi connectivity index (χ2n) is 5.23. The first-order valence-electron chi connectivity index (χ1n) is 8.07. The van der Waals surface area contributed by atoms with Gasteiger partial charge in [0.15, 0.2) is 0 Å². The molecule has 2 rings (SSSR count). The summed E-state index contributed by atoms with van der Waals surface area (Å²) in [6, 6.07) is 4.51. The molecule has 0 atom stereocenters. The van der Waals surface area contributed by atoms with E-state index in [2.05, 4.69) is 15.6 Å². The van der Waals surface area contributed by atoms with Gasteiger partial charge in [-0.25, -0.2) is 9.78 Å². The summed E-state index contributed by atoms with van der Waals surface area (Å²) < 4.78 is 0. The van der Waals surface area contributed by atoms with E-state index < -0.39 is 0 Å². The number of hydrogen-bond donors (Lipinski definition) is 2. The second kappa shape index (κ2) is 9.39. The number of hydrogen-bond acceptors (Lipinski definition) is 4. The van der Waals surface area contributed by atoms with Crippen molar-refractivity contribution in [3.63, 3.8) is 0 Å². The third-order valence-electron chi connectivity index (χ3n) is 3.62. The van der Waals surface area contributed by atoms with Crippen molar-refractivity contribution < 1.29 is 9.59 Å². The highest BCUT2D eigenvalue weighted by Crippen LogP contribution is 2.23. The van der Waals surface area contributed by atoms with Crippen LogP contribution in [0.5, 0.6) is 0 Å². The van der Waals surface area contributed by atoms with Crippen molar-refractivity contribution in [1.82, 2.24) is 15.2 Å². The Bertz CT molecular complexity index is 717. The second-order valence-corrected chi connectivity index (χ2v) is 6.62. The number of thiazole rings is 1. The van der Waals surface area contributed by atoms with Gasteiger partial charge in [-0.3, -0.25) is 4.79 Å². The molecular formula is C17H21ClN4O2S. The molecule has 0 bridgehead atoms. The number of aromatic nitrogens is 1. The molecule has 8 heteroatoms. The van der Waals surface area contributed by atoms with Crippen molar-refractivity contribution >= 4 is 40.6 Å².